The number of carbonyl (C=O) groups is 1. The molecule has 1 amide bonds. The molecule has 4 aromatic rings. The van der Waals surface area contributed by atoms with Gasteiger partial charge in [-0.2, -0.15) is 5.10 Å². The van der Waals surface area contributed by atoms with E-state index in [0.29, 0.717) is 22.0 Å². The third-order valence-corrected chi connectivity index (χ3v) is 5.78. The van der Waals surface area contributed by atoms with Crippen LogP contribution in [0.2, 0.25) is 0 Å². The third-order valence-electron chi connectivity index (χ3n) is 4.80. The van der Waals surface area contributed by atoms with E-state index in [9.17, 15) is 14.9 Å². The number of aryl methyl sites for hydroxylation is 1. The van der Waals surface area contributed by atoms with Crippen molar-refractivity contribution in [1.29, 1.82) is 0 Å². The zero-order valence-corrected chi connectivity index (χ0v) is 18.7. The normalized spacial score (nSPS) is 10.6. The molecule has 0 aliphatic rings. The minimum Gasteiger partial charge on any atom is -0.497 e. The molecule has 0 fully saturated rings. The van der Waals surface area contributed by atoms with E-state index in [0.717, 1.165) is 16.0 Å². The first-order chi connectivity index (χ1) is 15.9. The van der Waals surface area contributed by atoms with E-state index >= 15 is 0 Å². The average Bonchev–Trinajstić information content (AvgIpc) is 3.31. The number of non-ortho nitro benzene ring substituents is 1. The lowest BCUT2D eigenvalue weighted by atomic mass is 10.1. The summed E-state index contributed by atoms with van der Waals surface area (Å²) in [4.78, 5) is 25.3. The number of hydrogen-bond donors (Lipinski definition) is 2. The van der Waals surface area contributed by atoms with Gasteiger partial charge in [0.25, 0.3) is 11.6 Å². The molecule has 0 saturated carbocycles. The summed E-state index contributed by atoms with van der Waals surface area (Å²) in [6.07, 6.45) is 0. The number of aromatic nitrogens is 2. The maximum Gasteiger partial charge on any atom is 0.273 e. The lowest BCUT2D eigenvalue weighted by Crippen LogP contribution is -2.12. The smallest absolute Gasteiger partial charge is 0.273 e. The predicted octanol–water partition coefficient (Wildman–Crippen LogP) is 5.71. The number of nitrogens with zero attached hydrogens (tertiary/aromatic N) is 2. The Morgan fingerprint density at radius 1 is 1.06 bits per heavy atom. The van der Waals surface area contributed by atoms with Crippen molar-refractivity contribution in [3.8, 4) is 17.0 Å². The van der Waals surface area contributed by atoms with E-state index in [1.807, 2.05) is 55.5 Å². The molecule has 0 radical (unpaired) electrons. The first-order valence-corrected chi connectivity index (χ1v) is 10.8. The summed E-state index contributed by atoms with van der Waals surface area (Å²) in [5, 5.41) is 21.1. The van der Waals surface area contributed by atoms with Crippen LogP contribution in [0.4, 0.5) is 11.4 Å². The summed E-state index contributed by atoms with van der Waals surface area (Å²) in [5.41, 5.74) is 2.93. The lowest BCUT2D eigenvalue weighted by Gasteiger charge is -2.07. The van der Waals surface area contributed by atoms with E-state index in [4.69, 9.17) is 4.74 Å². The number of rotatable bonds is 7. The number of anilines is 1. The van der Waals surface area contributed by atoms with Crippen LogP contribution >= 0.6 is 11.8 Å². The van der Waals surface area contributed by atoms with Crippen molar-refractivity contribution in [2.24, 2.45) is 0 Å². The van der Waals surface area contributed by atoms with Crippen LogP contribution in [0.5, 0.6) is 5.75 Å². The van der Waals surface area contributed by atoms with E-state index in [1.165, 1.54) is 23.9 Å². The maximum atomic E-state index is 12.8. The Morgan fingerprint density at radius 2 is 1.85 bits per heavy atom. The lowest BCUT2D eigenvalue weighted by molar-refractivity contribution is -0.385. The first-order valence-electron chi connectivity index (χ1n) is 9.96. The molecule has 0 spiro atoms. The van der Waals surface area contributed by atoms with Crippen molar-refractivity contribution in [2.45, 2.75) is 16.7 Å². The molecular formula is C24H20N4O4S. The number of ether oxygens (including phenoxy) is 1. The van der Waals surface area contributed by atoms with Crippen molar-refractivity contribution in [3.63, 3.8) is 0 Å². The van der Waals surface area contributed by atoms with Gasteiger partial charge in [-0.3, -0.25) is 20.0 Å². The van der Waals surface area contributed by atoms with Crippen LogP contribution in [0.1, 0.15) is 16.1 Å². The third kappa shape index (κ3) is 5.39. The first kappa shape index (κ1) is 22.1. The second kappa shape index (κ2) is 9.58. The van der Waals surface area contributed by atoms with Crippen molar-refractivity contribution in [3.05, 3.63) is 94.2 Å². The van der Waals surface area contributed by atoms with E-state index in [-0.39, 0.29) is 11.4 Å². The number of amides is 1. The Labute approximate surface area is 194 Å². The largest absolute Gasteiger partial charge is 0.497 e. The van der Waals surface area contributed by atoms with Gasteiger partial charge in [-0.1, -0.05) is 41.6 Å². The Kier molecular flexibility index (Phi) is 6.41. The average molecular weight is 461 g/mol. The molecule has 0 bridgehead atoms. The summed E-state index contributed by atoms with van der Waals surface area (Å²) >= 11 is 1.38. The Balaban J connectivity index is 1.56. The van der Waals surface area contributed by atoms with Crippen LogP contribution in [-0.4, -0.2) is 28.1 Å². The second-order valence-electron chi connectivity index (χ2n) is 7.24. The van der Waals surface area contributed by atoms with Crippen LogP contribution in [0.25, 0.3) is 11.3 Å². The van der Waals surface area contributed by atoms with E-state index in [2.05, 4.69) is 15.5 Å². The molecule has 1 heterocycles. The maximum absolute atomic E-state index is 12.8. The molecule has 3 aromatic carbocycles. The summed E-state index contributed by atoms with van der Waals surface area (Å²) in [6, 6.07) is 21.3. The van der Waals surface area contributed by atoms with Crippen LogP contribution in [0.15, 0.2) is 82.6 Å². The SMILES string of the molecule is COc1cccc(-c2cc(C(=O)Nc3cc(Sc4ccc(C)cc4)cc([N+](=O)[O-])c3)[nH]n2)c1. The number of nitro groups is 1. The molecule has 2 N–H and O–H groups in total. The van der Waals surface area contributed by atoms with Gasteiger partial charge in [0.15, 0.2) is 0 Å². The number of aromatic amines is 1. The standard InChI is InChI=1S/C24H20N4O4S/c1-15-6-8-20(9-7-15)33-21-12-17(11-18(13-21)28(30)31)25-24(29)23-14-22(26-27-23)16-4-3-5-19(10-16)32-2/h3-14H,1-2H3,(H,25,29)(H,26,27). The number of methoxy groups -OCH3 is 1. The van der Waals surface area contributed by atoms with Crippen LogP contribution in [0.3, 0.4) is 0 Å². The quantitative estimate of drug-likeness (QED) is 0.270. The molecule has 0 atom stereocenters. The van der Waals surface area contributed by atoms with Crippen LogP contribution in [-0.2, 0) is 0 Å². The molecule has 33 heavy (non-hydrogen) atoms. The minimum atomic E-state index is -0.480. The molecule has 8 nitrogen and oxygen atoms in total. The van der Waals surface area contributed by atoms with E-state index in [1.54, 1.807) is 19.2 Å². The Bertz CT molecular complexity index is 1320. The fourth-order valence-electron chi connectivity index (χ4n) is 3.13. The van der Waals surface area contributed by atoms with E-state index < -0.39 is 10.8 Å². The minimum absolute atomic E-state index is 0.107. The zero-order valence-electron chi connectivity index (χ0n) is 17.9. The highest BCUT2D eigenvalue weighted by atomic mass is 32.2. The van der Waals surface area contributed by atoms with Gasteiger partial charge in [-0.05, 0) is 43.3 Å². The van der Waals surface area contributed by atoms with Crippen molar-refractivity contribution in [1.82, 2.24) is 10.2 Å². The molecule has 0 saturated heterocycles. The second-order valence-corrected chi connectivity index (χ2v) is 8.39. The molecule has 1 aromatic heterocycles. The molecule has 0 aliphatic heterocycles. The zero-order chi connectivity index (χ0) is 23.4. The molecule has 0 aliphatic carbocycles. The number of nitrogens with one attached hydrogen (secondary N) is 2. The number of H-pyrrole nitrogens is 1. The summed E-state index contributed by atoms with van der Waals surface area (Å²) in [7, 11) is 1.58. The van der Waals surface area contributed by atoms with Crippen LogP contribution < -0.4 is 10.1 Å². The van der Waals surface area contributed by atoms with Gasteiger partial charge in [0.1, 0.15) is 11.4 Å². The molecule has 166 valence electrons. The van der Waals surface area contributed by atoms with Gasteiger partial charge in [-0.25, -0.2) is 0 Å². The Morgan fingerprint density at radius 3 is 2.58 bits per heavy atom. The van der Waals surface area contributed by atoms with Crippen molar-refractivity contribution in [2.75, 3.05) is 12.4 Å². The summed E-state index contributed by atoms with van der Waals surface area (Å²) in [6.45, 7) is 1.99. The van der Waals surface area contributed by atoms with Gasteiger partial charge in [-0.15, -0.1) is 0 Å². The summed E-state index contributed by atoms with van der Waals surface area (Å²) in [5.74, 6) is 0.222. The number of nitro benzene ring substituents is 1. The number of carbonyl (C=O) groups excluding carboxylic acids is 1. The number of hydrogen-bond acceptors (Lipinski definition) is 6. The molecule has 0 unspecified atom stereocenters. The molecule has 4 rings (SSSR count). The summed E-state index contributed by atoms with van der Waals surface area (Å²) < 4.78 is 5.23. The monoisotopic (exact) mass is 460 g/mol. The van der Waals surface area contributed by atoms with Gasteiger partial charge in [0.2, 0.25) is 0 Å². The fraction of sp³-hybridized carbons (Fsp3) is 0.0833. The predicted molar refractivity (Wildman–Crippen MR) is 127 cm³/mol. The topological polar surface area (TPSA) is 110 Å². The highest BCUT2D eigenvalue weighted by Gasteiger charge is 2.16. The van der Waals surface area contributed by atoms with Gasteiger partial charge in [0, 0.05) is 33.2 Å². The van der Waals surface area contributed by atoms with Gasteiger partial charge < -0.3 is 10.1 Å². The number of benzene rings is 3. The Hall–Kier alpha value is -4.11. The van der Waals surface area contributed by atoms with Crippen molar-refractivity contribution < 1.29 is 14.5 Å². The van der Waals surface area contributed by atoms with Gasteiger partial charge >= 0.3 is 0 Å². The van der Waals surface area contributed by atoms with Crippen LogP contribution in [0, 0.1) is 17.0 Å². The fourth-order valence-corrected chi connectivity index (χ4v) is 4.04. The molecule has 9 heteroatoms. The molecular weight excluding hydrogens is 440 g/mol. The highest BCUT2D eigenvalue weighted by Crippen LogP contribution is 2.33. The van der Waals surface area contributed by atoms with Crippen molar-refractivity contribution >= 4 is 29.0 Å². The van der Waals surface area contributed by atoms with Gasteiger partial charge in [0.05, 0.1) is 17.7 Å². The highest BCUT2D eigenvalue weighted by molar-refractivity contribution is 7.99.